The number of hydrogen-bond donors (Lipinski definition) is 1. The van der Waals surface area contributed by atoms with Gasteiger partial charge in [-0.3, -0.25) is 0 Å². The van der Waals surface area contributed by atoms with Crippen LogP contribution >= 0.6 is 0 Å². The van der Waals surface area contributed by atoms with E-state index in [-0.39, 0.29) is 4.90 Å². The SMILES string of the molecule is COc1cccc(C(NS(=O)(=O)c2ccc(-c3ccccc3)cc2)c2nccn2C)c1. The first-order valence-corrected chi connectivity index (χ1v) is 11.3. The summed E-state index contributed by atoms with van der Waals surface area (Å²) < 4.78 is 36.4. The number of imidazole rings is 1. The van der Waals surface area contributed by atoms with Crippen molar-refractivity contribution in [3.8, 4) is 16.9 Å². The van der Waals surface area contributed by atoms with Crippen LogP contribution in [0.25, 0.3) is 11.1 Å². The third kappa shape index (κ3) is 4.52. The van der Waals surface area contributed by atoms with Crippen LogP contribution < -0.4 is 9.46 Å². The number of ether oxygens (including phenoxy) is 1. The van der Waals surface area contributed by atoms with Crippen LogP contribution in [0.5, 0.6) is 5.75 Å². The van der Waals surface area contributed by atoms with Crippen LogP contribution in [0.15, 0.2) is 96.2 Å². The number of hydrogen-bond acceptors (Lipinski definition) is 4. The highest BCUT2D eigenvalue weighted by Gasteiger charge is 2.26. The molecule has 1 N–H and O–H groups in total. The lowest BCUT2D eigenvalue weighted by molar-refractivity contribution is 0.413. The van der Waals surface area contributed by atoms with E-state index in [0.717, 1.165) is 16.7 Å². The molecule has 6 nitrogen and oxygen atoms in total. The monoisotopic (exact) mass is 433 g/mol. The van der Waals surface area contributed by atoms with Crippen molar-refractivity contribution in [2.24, 2.45) is 7.05 Å². The van der Waals surface area contributed by atoms with Gasteiger partial charge in [0.25, 0.3) is 0 Å². The first-order valence-electron chi connectivity index (χ1n) is 9.77. The highest BCUT2D eigenvalue weighted by molar-refractivity contribution is 7.89. The highest BCUT2D eigenvalue weighted by atomic mass is 32.2. The Morgan fingerprint density at radius 1 is 0.935 bits per heavy atom. The van der Waals surface area contributed by atoms with Crippen molar-refractivity contribution in [2.45, 2.75) is 10.9 Å². The quantitative estimate of drug-likeness (QED) is 0.475. The normalized spacial score (nSPS) is 12.5. The molecule has 1 aromatic heterocycles. The smallest absolute Gasteiger partial charge is 0.241 e. The van der Waals surface area contributed by atoms with Gasteiger partial charge in [-0.25, -0.2) is 13.4 Å². The summed E-state index contributed by atoms with van der Waals surface area (Å²) in [5.41, 5.74) is 2.72. The third-order valence-electron chi connectivity index (χ3n) is 5.09. The first kappa shape index (κ1) is 20.8. The van der Waals surface area contributed by atoms with Crippen LogP contribution in [0.1, 0.15) is 17.4 Å². The number of aryl methyl sites for hydroxylation is 1. The molecule has 0 saturated carbocycles. The van der Waals surface area contributed by atoms with Crippen LogP contribution in [0.2, 0.25) is 0 Å². The van der Waals surface area contributed by atoms with Gasteiger partial charge in [0.05, 0.1) is 12.0 Å². The number of benzene rings is 3. The summed E-state index contributed by atoms with van der Waals surface area (Å²) in [6.45, 7) is 0. The van der Waals surface area contributed by atoms with Gasteiger partial charge in [-0.05, 0) is 41.0 Å². The summed E-state index contributed by atoms with van der Waals surface area (Å²) in [5.74, 6) is 1.22. The zero-order valence-electron chi connectivity index (χ0n) is 17.3. The summed E-state index contributed by atoms with van der Waals surface area (Å²) in [6.07, 6.45) is 3.43. The Kier molecular flexibility index (Phi) is 5.88. The van der Waals surface area contributed by atoms with Crippen molar-refractivity contribution in [2.75, 3.05) is 7.11 Å². The maximum Gasteiger partial charge on any atom is 0.241 e. The number of nitrogens with one attached hydrogen (secondary N) is 1. The summed E-state index contributed by atoms with van der Waals surface area (Å²) in [7, 11) is -0.405. The van der Waals surface area contributed by atoms with Gasteiger partial charge in [0.15, 0.2) is 0 Å². The number of aromatic nitrogens is 2. The molecule has 1 heterocycles. The molecule has 0 fully saturated rings. The molecule has 0 aliphatic carbocycles. The second-order valence-corrected chi connectivity index (χ2v) is 8.83. The summed E-state index contributed by atoms with van der Waals surface area (Å²) in [4.78, 5) is 4.56. The van der Waals surface area contributed by atoms with E-state index in [2.05, 4.69) is 9.71 Å². The highest BCUT2D eigenvalue weighted by Crippen LogP contribution is 2.27. The van der Waals surface area contributed by atoms with E-state index < -0.39 is 16.1 Å². The molecule has 0 aliphatic heterocycles. The second kappa shape index (κ2) is 8.75. The predicted octanol–water partition coefficient (Wildman–Crippen LogP) is 4.16. The molecule has 0 spiro atoms. The van der Waals surface area contributed by atoms with Crippen molar-refractivity contribution >= 4 is 10.0 Å². The van der Waals surface area contributed by atoms with Gasteiger partial charge in [0, 0.05) is 19.4 Å². The first-order chi connectivity index (χ1) is 15.0. The van der Waals surface area contributed by atoms with Gasteiger partial charge in [-0.2, -0.15) is 4.72 Å². The van der Waals surface area contributed by atoms with E-state index in [1.165, 1.54) is 0 Å². The van der Waals surface area contributed by atoms with Gasteiger partial charge in [-0.1, -0.05) is 54.6 Å². The lowest BCUT2D eigenvalue weighted by Crippen LogP contribution is -2.31. The molecule has 7 heteroatoms. The van der Waals surface area contributed by atoms with Gasteiger partial charge in [0.1, 0.15) is 17.6 Å². The maximum absolute atomic E-state index is 13.2. The standard InChI is InChI=1S/C24H23N3O3S/c1-27-16-15-25-24(27)23(20-9-6-10-21(17-20)30-2)26-31(28,29)22-13-11-19(12-14-22)18-7-4-3-5-8-18/h3-17,23,26H,1-2H3. The molecule has 158 valence electrons. The Morgan fingerprint density at radius 2 is 1.65 bits per heavy atom. The van der Waals surface area contributed by atoms with Crippen LogP contribution in [0, 0.1) is 0 Å². The maximum atomic E-state index is 13.2. The Balaban J connectivity index is 1.68. The van der Waals surface area contributed by atoms with Gasteiger partial charge in [-0.15, -0.1) is 0 Å². The second-order valence-electron chi connectivity index (χ2n) is 7.12. The molecule has 0 bridgehead atoms. The zero-order valence-corrected chi connectivity index (χ0v) is 18.1. The van der Waals surface area contributed by atoms with E-state index >= 15 is 0 Å². The molecule has 1 unspecified atom stereocenters. The molecule has 3 aromatic carbocycles. The van der Waals surface area contributed by atoms with Gasteiger partial charge >= 0.3 is 0 Å². The van der Waals surface area contributed by atoms with Crippen molar-refractivity contribution in [1.29, 1.82) is 0 Å². The number of methoxy groups -OCH3 is 1. The molecule has 0 amide bonds. The molecule has 4 aromatic rings. The van der Waals surface area contributed by atoms with Crippen LogP contribution in [0.4, 0.5) is 0 Å². The summed E-state index contributed by atoms with van der Waals surface area (Å²) in [6, 6.07) is 23.3. The summed E-state index contributed by atoms with van der Waals surface area (Å²) in [5, 5.41) is 0. The largest absolute Gasteiger partial charge is 0.497 e. The minimum atomic E-state index is -3.81. The van der Waals surface area contributed by atoms with E-state index in [9.17, 15) is 8.42 Å². The van der Waals surface area contributed by atoms with Crippen LogP contribution in [0.3, 0.4) is 0 Å². The minimum Gasteiger partial charge on any atom is -0.497 e. The van der Waals surface area contributed by atoms with Crippen molar-refractivity contribution < 1.29 is 13.2 Å². The Hall–Kier alpha value is -3.42. The molecule has 0 saturated heterocycles. The number of sulfonamides is 1. The lowest BCUT2D eigenvalue weighted by atomic mass is 10.1. The van der Waals surface area contributed by atoms with Crippen molar-refractivity contribution in [3.63, 3.8) is 0 Å². The topological polar surface area (TPSA) is 73.2 Å². The molecule has 4 rings (SSSR count). The van der Waals surface area contributed by atoms with E-state index in [0.29, 0.717) is 11.6 Å². The number of rotatable bonds is 7. The van der Waals surface area contributed by atoms with E-state index in [1.54, 1.807) is 42.3 Å². The molecular formula is C24H23N3O3S. The van der Waals surface area contributed by atoms with E-state index in [1.807, 2.05) is 67.7 Å². The van der Waals surface area contributed by atoms with Crippen molar-refractivity contribution in [3.05, 3.63) is 103 Å². The lowest BCUT2D eigenvalue weighted by Gasteiger charge is -2.20. The molecule has 1 atom stereocenters. The van der Waals surface area contributed by atoms with Crippen LogP contribution in [-0.4, -0.2) is 25.1 Å². The fourth-order valence-corrected chi connectivity index (χ4v) is 4.61. The molecule has 0 radical (unpaired) electrons. The fourth-order valence-electron chi connectivity index (χ4n) is 3.43. The van der Waals surface area contributed by atoms with Crippen LogP contribution in [-0.2, 0) is 17.1 Å². The molecule has 31 heavy (non-hydrogen) atoms. The molecular weight excluding hydrogens is 410 g/mol. The van der Waals surface area contributed by atoms with Gasteiger partial charge < -0.3 is 9.30 Å². The summed E-state index contributed by atoms with van der Waals surface area (Å²) >= 11 is 0. The average molecular weight is 434 g/mol. The predicted molar refractivity (Wildman–Crippen MR) is 120 cm³/mol. The Morgan fingerprint density at radius 3 is 2.29 bits per heavy atom. The van der Waals surface area contributed by atoms with Crippen molar-refractivity contribution in [1.82, 2.24) is 14.3 Å². The third-order valence-corrected chi connectivity index (χ3v) is 6.53. The zero-order chi connectivity index (χ0) is 21.8. The van der Waals surface area contributed by atoms with E-state index in [4.69, 9.17) is 4.74 Å². The Bertz CT molecular complexity index is 1270. The van der Waals surface area contributed by atoms with Gasteiger partial charge in [0.2, 0.25) is 10.0 Å². The Labute approximate surface area is 182 Å². The number of nitrogens with zero attached hydrogens (tertiary/aromatic N) is 2. The molecule has 0 aliphatic rings. The fraction of sp³-hybridized carbons (Fsp3) is 0.125. The average Bonchev–Trinajstić information content (AvgIpc) is 3.24. The minimum absolute atomic E-state index is 0.189.